The van der Waals surface area contributed by atoms with Crippen LogP contribution in [0.25, 0.3) is 6.08 Å². The number of benzene rings is 2. The second-order valence-corrected chi connectivity index (χ2v) is 7.65. The highest BCUT2D eigenvalue weighted by Gasteiger charge is 2.26. The monoisotopic (exact) mass is 478 g/mol. The van der Waals surface area contributed by atoms with Crippen LogP contribution in [0, 0.1) is 0 Å². The molecule has 28 heavy (non-hydrogen) atoms. The molecular weight excluding hydrogens is 464 g/mol. The molecule has 8 heteroatoms. The second-order valence-electron chi connectivity index (χ2n) is 5.98. The fourth-order valence-electron chi connectivity index (χ4n) is 2.78. The van der Waals surface area contributed by atoms with Gasteiger partial charge in [-0.05, 0) is 54.5 Å². The molecule has 3 rings (SSSR count). The van der Waals surface area contributed by atoms with E-state index in [1.807, 2.05) is 31.2 Å². The van der Waals surface area contributed by atoms with Gasteiger partial charge in [0.1, 0.15) is 11.3 Å². The van der Waals surface area contributed by atoms with Gasteiger partial charge in [-0.2, -0.15) is 0 Å². The van der Waals surface area contributed by atoms with Gasteiger partial charge in [0.05, 0.1) is 6.61 Å². The van der Waals surface area contributed by atoms with Gasteiger partial charge in [0.2, 0.25) is 0 Å². The van der Waals surface area contributed by atoms with Gasteiger partial charge in [-0.25, -0.2) is 0 Å². The van der Waals surface area contributed by atoms with Gasteiger partial charge in [0, 0.05) is 21.5 Å². The molecule has 0 unspecified atom stereocenters. The van der Waals surface area contributed by atoms with E-state index >= 15 is 0 Å². The van der Waals surface area contributed by atoms with E-state index in [1.54, 1.807) is 12.1 Å². The van der Waals surface area contributed by atoms with Crippen LogP contribution >= 0.6 is 39.7 Å². The average Bonchev–Trinajstić information content (AvgIpc) is 2.63. The molecule has 1 heterocycles. The molecule has 1 fully saturated rings. The summed E-state index contributed by atoms with van der Waals surface area (Å²) in [5.41, 5.74) is 2.43. The number of amides is 2. The Morgan fingerprint density at radius 1 is 1.18 bits per heavy atom. The Balaban J connectivity index is 2.00. The van der Waals surface area contributed by atoms with E-state index in [0.717, 1.165) is 15.6 Å². The number of thiocarbonyl (C=S) groups is 1. The van der Waals surface area contributed by atoms with Crippen molar-refractivity contribution in [3.05, 3.63) is 68.2 Å². The first-order valence-corrected chi connectivity index (χ1v) is 10.0. The molecule has 5 nitrogen and oxygen atoms in total. The summed E-state index contributed by atoms with van der Waals surface area (Å²) in [6, 6.07) is 11.3. The Labute approximate surface area is 181 Å². The quantitative estimate of drug-likeness (QED) is 0.386. The van der Waals surface area contributed by atoms with Gasteiger partial charge in [-0.1, -0.05) is 45.7 Å². The number of hydrogen-bond acceptors (Lipinski definition) is 4. The van der Waals surface area contributed by atoms with Gasteiger partial charge < -0.3 is 4.74 Å². The number of rotatable bonds is 5. The predicted octanol–water partition coefficient (Wildman–Crippen LogP) is 4.01. The highest BCUT2D eigenvalue weighted by atomic mass is 79.9. The fourth-order valence-corrected chi connectivity index (χ4v) is 3.67. The molecule has 0 aromatic heterocycles. The van der Waals surface area contributed by atoms with Crippen molar-refractivity contribution < 1.29 is 14.3 Å². The number of carbonyl (C=O) groups excluding carboxylic acids is 2. The Kier molecular flexibility index (Phi) is 6.49. The first-order chi connectivity index (χ1) is 13.4. The predicted molar refractivity (Wildman–Crippen MR) is 116 cm³/mol. The first kappa shape index (κ1) is 20.5. The number of hydrogen-bond donors (Lipinski definition) is 2. The molecule has 2 aromatic carbocycles. The molecule has 2 N–H and O–H groups in total. The maximum absolute atomic E-state index is 12.1. The lowest BCUT2D eigenvalue weighted by molar-refractivity contribution is -0.123. The second kappa shape index (κ2) is 8.86. The fraction of sp³-hybridized carbons (Fsp3) is 0.150. The Morgan fingerprint density at radius 2 is 1.86 bits per heavy atom. The van der Waals surface area contributed by atoms with Crippen LogP contribution in [0.1, 0.15) is 23.6 Å². The van der Waals surface area contributed by atoms with Crippen LogP contribution in [-0.2, 0) is 16.0 Å². The summed E-state index contributed by atoms with van der Waals surface area (Å²) in [6.07, 6.45) is 2.03. The molecule has 0 atom stereocenters. The zero-order valence-electron chi connectivity index (χ0n) is 14.8. The summed E-state index contributed by atoms with van der Waals surface area (Å²) in [5.74, 6) is -0.509. The summed E-state index contributed by atoms with van der Waals surface area (Å²) in [6.45, 7) is 2.33. The first-order valence-electron chi connectivity index (χ1n) is 8.46. The van der Waals surface area contributed by atoms with E-state index in [9.17, 15) is 9.59 Å². The van der Waals surface area contributed by atoms with Gasteiger partial charge in [-0.3, -0.25) is 20.2 Å². The molecule has 2 amide bonds. The van der Waals surface area contributed by atoms with Gasteiger partial charge in [0.25, 0.3) is 11.8 Å². The van der Waals surface area contributed by atoms with Crippen molar-refractivity contribution in [3.63, 3.8) is 0 Å². The molecule has 0 radical (unpaired) electrons. The van der Waals surface area contributed by atoms with Crippen molar-refractivity contribution in [3.8, 4) is 5.75 Å². The maximum Gasteiger partial charge on any atom is 0.263 e. The lowest BCUT2D eigenvalue weighted by atomic mass is 10.0. The van der Waals surface area contributed by atoms with E-state index < -0.39 is 11.8 Å². The van der Waals surface area contributed by atoms with Crippen LogP contribution in [0.5, 0.6) is 5.75 Å². The Hall–Kier alpha value is -2.22. The van der Waals surface area contributed by atoms with Crippen molar-refractivity contribution in [2.75, 3.05) is 6.61 Å². The minimum atomic E-state index is -0.555. The van der Waals surface area contributed by atoms with Gasteiger partial charge >= 0.3 is 0 Å². The minimum absolute atomic E-state index is 0.0102. The summed E-state index contributed by atoms with van der Waals surface area (Å²) in [5, 5.41) is 5.29. The van der Waals surface area contributed by atoms with Crippen LogP contribution in [0.4, 0.5) is 0 Å². The molecule has 1 aliphatic heterocycles. The molecule has 0 aliphatic carbocycles. The number of carbonyl (C=O) groups is 2. The van der Waals surface area contributed by atoms with E-state index in [1.165, 1.54) is 6.08 Å². The SMILES string of the molecule is CCOc1cc(C=C2C(=O)NC(=S)NC2=O)cc(Cl)c1Cc1ccccc1Br. The van der Waals surface area contributed by atoms with Crippen LogP contribution in [-0.4, -0.2) is 23.5 Å². The highest BCUT2D eigenvalue weighted by molar-refractivity contribution is 9.10. The molecule has 1 saturated heterocycles. The third-order valence-electron chi connectivity index (χ3n) is 4.06. The third kappa shape index (κ3) is 4.60. The third-order valence-corrected chi connectivity index (χ3v) is 5.37. The van der Waals surface area contributed by atoms with E-state index in [0.29, 0.717) is 29.4 Å². The van der Waals surface area contributed by atoms with E-state index in [-0.39, 0.29) is 10.7 Å². The Morgan fingerprint density at radius 3 is 2.50 bits per heavy atom. The van der Waals surface area contributed by atoms with Crippen LogP contribution in [0.2, 0.25) is 5.02 Å². The van der Waals surface area contributed by atoms with E-state index in [2.05, 4.69) is 26.6 Å². The molecule has 0 bridgehead atoms. The minimum Gasteiger partial charge on any atom is -0.494 e. The summed E-state index contributed by atoms with van der Waals surface area (Å²) in [7, 11) is 0. The molecular formula is C20H16BrClN2O3S. The van der Waals surface area contributed by atoms with Crippen LogP contribution in [0.15, 0.2) is 46.4 Å². The number of ether oxygens (including phenoxy) is 1. The molecule has 0 saturated carbocycles. The zero-order chi connectivity index (χ0) is 20.3. The lowest BCUT2D eigenvalue weighted by Gasteiger charge is -2.17. The van der Waals surface area contributed by atoms with Crippen molar-refractivity contribution in [2.45, 2.75) is 13.3 Å². The molecule has 144 valence electrons. The van der Waals surface area contributed by atoms with Crippen molar-refractivity contribution in [1.82, 2.24) is 10.6 Å². The van der Waals surface area contributed by atoms with E-state index in [4.69, 9.17) is 28.6 Å². The standard InChI is InChI=1S/C20H16BrClN2O3S/c1-2-27-17-9-11(7-14-18(25)23-20(28)24-19(14)26)8-16(22)13(17)10-12-5-3-4-6-15(12)21/h3-9H,2,10H2,1H3,(H2,23,24,25,26,28). The lowest BCUT2D eigenvalue weighted by Crippen LogP contribution is -2.51. The molecule has 2 aromatic rings. The number of nitrogens with one attached hydrogen (secondary N) is 2. The Bertz CT molecular complexity index is 985. The normalized spacial score (nSPS) is 13.8. The molecule has 0 spiro atoms. The maximum atomic E-state index is 12.1. The molecule has 1 aliphatic rings. The summed E-state index contributed by atoms with van der Waals surface area (Å²) in [4.78, 5) is 24.1. The summed E-state index contributed by atoms with van der Waals surface area (Å²) < 4.78 is 6.76. The zero-order valence-corrected chi connectivity index (χ0v) is 18.0. The van der Waals surface area contributed by atoms with Crippen LogP contribution in [0.3, 0.4) is 0 Å². The van der Waals surface area contributed by atoms with Gasteiger partial charge in [-0.15, -0.1) is 0 Å². The van der Waals surface area contributed by atoms with Crippen molar-refractivity contribution in [2.24, 2.45) is 0 Å². The van der Waals surface area contributed by atoms with Crippen LogP contribution < -0.4 is 15.4 Å². The van der Waals surface area contributed by atoms with Crippen molar-refractivity contribution >= 4 is 62.8 Å². The van der Waals surface area contributed by atoms with Crippen molar-refractivity contribution in [1.29, 1.82) is 0 Å². The smallest absolute Gasteiger partial charge is 0.263 e. The summed E-state index contributed by atoms with van der Waals surface area (Å²) >= 11 is 14.9. The largest absolute Gasteiger partial charge is 0.494 e. The average molecular weight is 480 g/mol. The topological polar surface area (TPSA) is 67.4 Å². The highest BCUT2D eigenvalue weighted by Crippen LogP contribution is 2.33. The van der Waals surface area contributed by atoms with Gasteiger partial charge in [0.15, 0.2) is 5.11 Å². The number of halogens is 2.